The summed E-state index contributed by atoms with van der Waals surface area (Å²) < 4.78 is 0. The van der Waals surface area contributed by atoms with E-state index < -0.39 is 0 Å². The highest BCUT2D eigenvalue weighted by molar-refractivity contribution is 5.72. The second-order valence-corrected chi connectivity index (χ2v) is 5.35. The molecule has 0 aromatic heterocycles. The maximum Gasteiger partial charge on any atom is 0.314 e. The Balaban J connectivity index is 2.35. The Labute approximate surface area is 110 Å². The van der Waals surface area contributed by atoms with Crippen LogP contribution in [0.3, 0.4) is 0 Å². The molecule has 0 bridgehead atoms. The summed E-state index contributed by atoms with van der Waals surface area (Å²) in [5.41, 5.74) is 5.25. The van der Waals surface area contributed by atoms with Crippen LogP contribution in [0.1, 0.15) is 39.5 Å². The number of hydrogen-bond acceptors (Lipinski definition) is 3. The molecule has 0 aliphatic carbocycles. The van der Waals surface area contributed by atoms with Gasteiger partial charge < -0.3 is 21.1 Å². The van der Waals surface area contributed by atoms with E-state index >= 15 is 0 Å². The van der Waals surface area contributed by atoms with Crippen LogP contribution in [0.4, 0.5) is 4.79 Å². The van der Waals surface area contributed by atoms with Gasteiger partial charge in [-0.05, 0) is 25.7 Å². The molecule has 4 N–H and O–H groups in total. The van der Waals surface area contributed by atoms with Crippen molar-refractivity contribution in [3.8, 4) is 0 Å². The van der Waals surface area contributed by atoms with E-state index in [0.29, 0.717) is 6.04 Å². The molecule has 1 saturated heterocycles. The van der Waals surface area contributed by atoms with Crippen LogP contribution in [0.2, 0.25) is 0 Å². The molecule has 0 unspecified atom stereocenters. The zero-order chi connectivity index (χ0) is 13.6. The lowest BCUT2D eigenvalue weighted by atomic mass is 9.83. The number of likely N-dealkylation sites (tertiary alicyclic amines) is 1. The van der Waals surface area contributed by atoms with E-state index in [4.69, 9.17) is 5.73 Å². The summed E-state index contributed by atoms with van der Waals surface area (Å²) in [5, 5.41) is 13.0. The van der Waals surface area contributed by atoms with Gasteiger partial charge in [-0.25, -0.2) is 4.79 Å². The van der Waals surface area contributed by atoms with Gasteiger partial charge in [-0.1, -0.05) is 13.8 Å². The van der Waals surface area contributed by atoms with Gasteiger partial charge in [0.25, 0.3) is 0 Å². The summed E-state index contributed by atoms with van der Waals surface area (Å²) in [6.45, 7) is 6.79. The fourth-order valence-corrected chi connectivity index (χ4v) is 2.44. The van der Waals surface area contributed by atoms with Gasteiger partial charge in [0.05, 0.1) is 0 Å². The van der Waals surface area contributed by atoms with Crippen LogP contribution in [-0.4, -0.2) is 48.3 Å². The maximum atomic E-state index is 11.0. The second kappa shape index (κ2) is 6.95. The van der Waals surface area contributed by atoms with Crippen molar-refractivity contribution in [2.75, 3.05) is 26.2 Å². The van der Waals surface area contributed by atoms with Gasteiger partial charge in [-0.15, -0.1) is 0 Å². The Bertz CT molecular complexity index is 251. The number of aliphatic hydroxyl groups is 1. The molecule has 5 heteroatoms. The number of aliphatic hydroxyl groups excluding tert-OH is 1. The van der Waals surface area contributed by atoms with E-state index in [1.54, 1.807) is 4.90 Å². The fraction of sp³-hybridized carbons (Fsp3) is 0.923. The normalized spacial score (nSPS) is 18.1. The topological polar surface area (TPSA) is 78.6 Å². The predicted octanol–water partition coefficient (Wildman–Crippen LogP) is 0.918. The molecule has 1 rings (SSSR count). The van der Waals surface area contributed by atoms with Gasteiger partial charge in [-0.3, -0.25) is 0 Å². The lowest BCUT2D eigenvalue weighted by Crippen LogP contribution is -2.49. The number of carbonyl (C=O) groups is 1. The zero-order valence-electron chi connectivity index (χ0n) is 11.6. The Hall–Kier alpha value is -0.810. The van der Waals surface area contributed by atoms with Crippen molar-refractivity contribution in [3.05, 3.63) is 0 Å². The zero-order valence-corrected chi connectivity index (χ0v) is 11.6. The van der Waals surface area contributed by atoms with Crippen molar-refractivity contribution in [2.24, 2.45) is 11.1 Å². The van der Waals surface area contributed by atoms with E-state index in [1.807, 2.05) is 0 Å². The van der Waals surface area contributed by atoms with E-state index in [1.165, 1.54) is 0 Å². The molecule has 0 spiro atoms. The molecule has 5 nitrogen and oxygen atoms in total. The Morgan fingerprint density at radius 3 is 2.33 bits per heavy atom. The summed E-state index contributed by atoms with van der Waals surface area (Å²) in [6, 6.07) is 0.116. The van der Waals surface area contributed by atoms with Gasteiger partial charge in [0, 0.05) is 37.7 Å². The summed E-state index contributed by atoms with van der Waals surface area (Å²) in [5.74, 6) is 0. The van der Waals surface area contributed by atoms with Crippen LogP contribution in [0.5, 0.6) is 0 Å². The van der Waals surface area contributed by atoms with Crippen LogP contribution in [-0.2, 0) is 0 Å². The molecule has 0 atom stereocenters. The fourth-order valence-electron chi connectivity index (χ4n) is 2.44. The SMILES string of the molecule is CCC(CC)(CO)CNC1CCN(C(N)=O)CC1. The Kier molecular flexibility index (Phi) is 5.88. The largest absolute Gasteiger partial charge is 0.396 e. The molecule has 0 saturated carbocycles. The number of hydrogen-bond donors (Lipinski definition) is 3. The first kappa shape index (κ1) is 15.2. The second-order valence-electron chi connectivity index (χ2n) is 5.35. The van der Waals surface area contributed by atoms with E-state index in [0.717, 1.165) is 45.3 Å². The number of piperidine rings is 1. The van der Waals surface area contributed by atoms with Gasteiger partial charge in [0.1, 0.15) is 0 Å². The smallest absolute Gasteiger partial charge is 0.314 e. The minimum Gasteiger partial charge on any atom is -0.396 e. The van der Waals surface area contributed by atoms with Crippen molar-refractivity contribution in [1.82, 2.24) is 10.2 Å². The van der Waals surface area contributed by atoms with Crippen LogP contribution in [0.15, 0.2) is 0 Å². The minimum atomic E-state index is -0.319. The summed E-state index contributed by atoms with van der Waals surface area (Å²) in [4.78, 5) is 12.7. The molecule has 2 amide bonds. The van der Waals surface area contributed by atoms with Gasteiger partial charge in [-0.2, -0.15) is 0 Å². The predicted molar refractivity (Wildman–Crippen MR) is 72.3 cm³/mol. The van der Waals surface area contributed by atoms with E-state index in [2.05, 4.69) is 19.2 Å². The molecule has 0 radical (unpaired) electrons. The van der Waals surface area contributed by atoms with Crippen LogP contribution >= 0.6 is 0 Å². The van der Waals surface area contributed by atoms with Crippen molar-refractivity contribution in [1.29, 1.82) is 0 Å². The van der Waals surface area contributed by atoms with Crippen LogP contribution < -0.4 is 11.1 Å². The minimum absolute atomic E-state index is 0.000815. The number of nitrogens with one attached hydrogen (secondary N) is 1. The average molecular weight is 257 g/mol. The molecular formula is C13H27N3O2. The van der Waals surface area contributed by atoms with E-state index in [-0.39, 0.29) is 18.1 Å². The highest BCUT2D eigenvalue weighted by atomic mass is 16.3. The first-order valence-corrected chi connectivity index (χ1v) is 6.95. The Morgan fingerprint density at radius 2 is 1.94 bits per heavy atom. The number of nitrogens with two attached hydrogens (primary N) is 1. The molecule has 18 heavy (non-hydrogen) atoms. The standard InChI is InChI=1S/C13H27N3O2/c1-3-13(4-2,10-17)9-15-11-5-7-16(8-6-11)12(14)18/h11,15,17H,3-10H2,1-2H3,(H2,14,18). The third kappa shape index (κ3) is 3.85. The molecule has 1 aliphatic rings. The highest BCUT2D eigenvalue weighted by Crippen LogP contribution is 2.25. The van der Waals surface area contributed by atoms with Crippen molar-refractivity contribution in [2.45, 2.75) is 45.6 Å². The number of carbonyl (C=O) groups excluding carboxylic acids is 1. The van der Waals surface area contributed by atoms with Gasteiger partial charge in [0.2, 0.25) is 0 Å². The molecule has 1 fully saturated rings. The third-order valence-electron chi connectivity index (χ3n) is 4.41. The molecule has 106 valence electrons. The Morgan fingerprint density at radius 1 is 1.39 bits per heavy atom. The van der Waals surface area contributed by atoms with Crippen molar-refractivity contribution >= 4 is 6.03 Å². The van der Waals surface area contributed by atoms with E-state index in [9.17, 15) is 9.90 Å². The van der Waals surface area contributed by atoms with Gasteiger partial charge >= 0.3 is 6.03 Å². The average Bonchev–Trinajstić information content (AvgIpc) is 2.41. The molecule has 1 heterocycles. The summed E-state index contributed by atoms with van der Waals surface area (Å²) in [6.07, 6.45) is 3.84. The first-order valence-electron chi connectivity index (χ1n) is 6.95. The summed E-state index contributed by atoms with van der Waals surface area (Å²) in [7, 11) is 0. The molecule has 0 aromatic carbocycles. The molecule has 0 aromatic rings. The maximum absolute atomic E-state index is 11.0. The third-order valence-corrected chi connectivity index (χ3v) is 4.41. The number of nitrogens with zero attached hydrogens (tertiary/aromatic N) is 1. The highest BCUT2D eigenvalue weighted by Gasteiger charge is 2.27. The quantitative estimate of drug-likeness (QED) is 0.662. The molecular weight excluding hydrogens is 230 g/mol. The number of rotatable bonds is 6. The first-order chi connectivity index (χ1) is 8.56. The number of amides is 2. The monoisotopic (exact) mass is 257 g/mol. The number of primary amides is 1. The van der Waals surface area contributed by atoms with Gasteiger partial charge in [0.15, 0.2) is 0 Å². The van der Waals surface area contributed by atoms with Crippen molar-refractivity contribution < 1.29 is 9.90 Å². The number of urea groups is 1. The molecule has 1 aliphatic heterocycles. The van der Waals surface area contributed by atoms with Crippen LogP contribution in [0, 0.1) is 5.41 Å². The summed E-state index contributed by atoms with van der Waals surface area (Å²) >= 11 is 0. The van der Waals surface area contributed by atoms with Crippen molar-refractivity contribution in [3.63, 3.8) is 0 Å². The lowest BCUT2D eigenvalue weighted by Gasteiger charge is -2.35. The van der Waals surface area contributed by atoms with Crippen LogP contribution in [0.25, 0.3) is 0 Å². The lowest BCUT2D eigenvalue weighted by molar-refractivity contribution is 0.105.